The Balaban J connectivity index is 2.58. The molecule has 0 spiro atoms. The van der Waals surface area contributed by atoms with Crippen molar-refractivity contribution in [1.29, 1.82) is 0 Å². The summed E-state index contributed by atoms with van der Waals surface area (Å²) in [5, 5.41) is 22.8. The van der Waals surface area contributed by atoms with Gasteiger partial charge < -0.3 is 10.4 Å². The van der Waals surface area contributed by atoms with Crippen molar-refractivity contribution in [1.82, 2.24) is 0 Å². The third kappa shape index (κ3) is 3.97. The smallest absolute Gasteiger partial charge is 0.305 e. The predicted octanol–water partition coefficient (Wildman–Crippen LogP) is 4.85. The second kappa shape index (κ2) is 7.47. The van der Waals surface area contributed by atoms with Crippen molar-refractivity contribution in [3.63, 3.8) is 0 Å². The first-order valence-corrected chi connectivity index (χ1v) is 7.60. The molecule has 0 aromatic heterocycles. The van der Waals surface area contributed by atoms with Gasteiger partial charge in [0.05, 0.1) is 33.3 Å². The molecule has 0 heterocycles. The van der Waals surface area contributed by atoms with E-state index in [0.717, 1.165) is 12.1 Å². The van der Waals surface area contributed by atoms with E-state index in [-0.39, 0.29) is 15.7 Å². The Kier molecular flexibility index (Phi) is 5.76. The van der Waals surface area contributed by atoms with E-state index in [2.05, 4.69) is 5.32 Å². The van der Waals surface area contributed by atoms with E-state index >= 15 is 0 Å². The van der Waals surface area contributed by atoms with Gasteiger partial charge in [0.2, 0.25) is 5.82 Å². The van der Waals surface area contributed by atoms with E-state index in [9.17, 15) is 28.4 Å². The number of nitro benzene ring substituents is 1. The molecule has 0 bridgehead atoms. The number of nitro groups is 1. The Hall–Kier alpha value is -2.03. The lowest BCUT2D eigenvalue weighted by atomic mass is 9.99. The van der Waals surface area contributed by atoms with E-state index < -0.39 is 45.8 Å². The zero-order chi connectivity index (χ0) is 18.9. The van der Waals surface area contributed by atoms with Gasteiger partial charge in [0.25, 0.3) is 0 Å². The van der Waals surface area contributed by atoms with Crippen LogP contribution in [0.2, 0.25) is 10.0 Å². The van der Waals surface area contributed by atoms with E-state index in [4.69, 9.17) is 23.2 Å². The largest absolute Gasteiger partial charge is 0.391 e. The molecule has 10 heteroatoms. The average molecular weight is 395 g/mol. The molecule has 2 unspecified atom stereocenters. The van der Waals surface area contributed by atoms with Gasteiger partial charge in [-0.1, -0.05) is 23.2 Å². The number of hydrogen-bond donors (Lipinski definition) is 2. The molecule has 134 valence electrons. The molecule has 5 nitrogen and oxygen atoms in total. The molecule has 2 aromatic rings. The first kappa shape index (κ1) is 19.3. The van der Waals surface area contributed by atoms with Crippen LogP contribution in [0.3, 0.4) is 0 Å². The fourth-order valence-electron chi connectivity index (χ4n) is 2.25. The molecular formula is C15H11Cl2F3N2O3. The number of aliphatic hydroxyl groups is 1. The fourth-order valence-corrected chi connectivity index (χ4v) is 2.74. The molecule has 0 fully saturated rings. The van der Waals surface area contributed by atoms with E-state index in [0.29, 0.717) is 12.1 Å². The molecule has 0 aliphatic carbocycles. The summed E-state index contributed by atoms with van der Waals surface area (Å²) in [7, 11) is 0. The molecule has 0 saturated carbocycles. The predicted molar refractivity (Wildman–Crippen MR) is 87.5 cm³/mol. The Morgan fingerprint density at radius 3 is 2.40 bits per heavy atom. The maximum absolute atomic E-state index is 14.4. The maximum atomic E-state index is 14.4. The Bertz CT molecular complexity index is 834. The highest BCUT2D eigenvalue weighted by Crippen LogP contribution is 2.35. The van der Waals surface area contributed by atoms with Gasteiger partial charge in [0.1, 0.15) is 5.82 Å². The molecule has 0 aliphatic rings. The fraction of sp³-hybridized carbons (Fsp3) is 0.200. The summed E-state index contributed by atoms with van der Waals surface area (Å²) in [5.41, 5.74) is -2.11. The molecule has 2 aromatic carbocycles. The number of aliphatic hydroxyl groups excluding tert-OH is 1. The first-order chi connectivity index (χ1) is 11.6. The quantitative estimate of drug-likeness (QED) is 0.431. The highest BCUT2D eigenvalue weighted by molar-refractivity contribution is 6.35. The molecule has 0 aliphatic heterocycles. The van der Waals surface area contributed by atoms with Crippen molar-refractivity contribution in [2.24, 2.45) is 0 Å². The summed E-state index contributed by atoms with van der Waals surface area (Å²) >= 11 is 11.4. The zero-order valence-electron chi connectivity index (χ0n) is 12.6. The summed E-state index contributed by atoms with van der Waals surface area (Å²) < 4.78 is 42.6. The van der Waals surface area contributed by atoms with Gasteiger partial charge in [0.15, 0.2) is 5.82 Å². The maximum Gasteiger partial charge on any atom is 0.305 e. The highest BCUT2D eigenvalue weighted by atomic mass is 35.5. The Labute approximate surface area is 150 Å². The van der Waals surface area contributed by atoms with Crippen LogP contribution in [0.25, 0.3) is 0 Å². The van der Waals surface area contributed by atoms with Gasteiger partial charge in [-0.2, -0.15) is 4.39 Å². The van der Waals surface area contributed by atoms with E-state index in [1.807, 2.05) is 0 Å². The number of anilines is 1. The minimum Gasteiger partial charge on any atom is -0.391 e. The second-order valence-corrected chi connectivity index (χ2v) is 6.01. The Morgan fingerprint density at radius 1 is 1.20 bits per heavy atom. The van der Waals surface area contributed by atoms with Crippen LogP contribution in [0.5, 0.6) is 0 Å². The summed E-state index contributed by atoms with van der Waals surface area (Å²) in [6.45, 7) is 1.18. The monoisotopic (exact) mass is 394 g/mol. The van der Waals surface area contributed by atoms with Crippen LogP contribution in [0.15, 0.2) is 24.3 Å². The van der Waals surface area contributed by atoms with Crippen LogP contribution in [-0.2, 0) is 0 Å². The van der Waals surface area contributed by atoms with Gasteiger partial charge >= 0.3 is 5.69 Å². The van der Waals surface area contributed by atoms with Crippen molar-refractivity contribution >= 4 is 34.6 Å². The number of hydrogen-bond acceptors (Lipinski definition) is 4. The van der Waals surface area contributed by atoms with Crippen LogP contribution < -0.4 is 5.32 Å². The summed E-state index contributed by atoms with van der Waals surface area (Å²) in [4.78, 5) is 9.81. The van der Waals surface area contributed by atoms with Gasteiger partial charge in [-0.05, 0) is 25.1 Å². The van der Waals surface area contributed by atoms with Gasteiger partial charge in [-0.15, -0.1) is 0 Å². The minimum absolute atomic E-state index is 0.0400. The average Bonchev–Trinajstić information content (AvgIpc) is 2.50. The molecular weight excluding hydrogens is 384 g/mol. The van der Waals surface area contributed by atoms with Gasteiger partial charge in [0, 0.05) is 11.1 Å². The number of nitrogens with one attached hydrogen (secondary N) is 1. The Morgan fingerprint density at radius 2 is 1.84 bits per heavy atom. The standard InChI is InChI=1S/C15H11Cl2F3N2O3/c1-6(23)15(21-10-5-7(16)4-8(17)13(10)19)12-9(18)2-3-11(14(12)20)22(24)25/h2-6,15,21,23H,1H3. The summed E-state index contributed by atoms with van der Waals surface area (Å²) in [6.07, 6.45) is -1.44. The number of halogens is 5. The third-order valence-electron chi connectivity index (χ3n) is 3.40. The lowest BCUT2D eigenvalue weighted by Gasteiger charge is -2.24. The number of nitrogens with zero attached hydrogens (tertiary/aromatic N) is 1. The molecule has 2 rings (SSSR count). The molecule has 0 radical (unpaired) electrons. The van der Waals surface area contributed by atoms with Crippen molar-refractivity contribution in [3.8, 4) is 0 Å². The van der Waals surface area contributed by atoms with Crippen LogP contribution >= 0.6 is 23.2 Å². The lowest BCUT2D eigenvalue weighted by Crippen LogP contribution is -2.26. The summed E-state index contributed by atoms with van der Waals surface area (Å²) in [6, 6.07) is 2.03. The van der Waals surface area contributed by atoms with Crippen molar-refractivity contribution in [2.45, 2.75) is 19.1 Å². The molecule has 0 amide bonds. The van der Waals surface area contributed by atoms with E-state index in [1.165, 1.54) is 6.92 Å². The zero-order valence-corrected chi connectivity index (χ0v) is 14.1. The van der Waals surface area contributed by atoms with Crippen LogP contribution in [0.1, 0.15) is 18.5 Å². The highest BCUT2D eigenvalue weighted by Gasteiger charge is 2.30. The number of rotatable bonds is 5. The molecule has 2 atom stereocenters. The lowest BCUT2D eigenvalue weighted by molar-refractivity contribution is -0.387. The first-order valence-electron chi connectivity index (χ1n) is 6.85. The normalized spacial score (nSPS) is 13.4. The topological polar surface area (TPSA) is 75.4 Å². The van der Waals surface area contributed by atoms with Gasteiger partial charge in [-0.25, -0.2) is 8.78 Å². The van der Waals surface area contributed by atoms with Gasteiger partial charge in [-0.3, -0.25) is 10.1 Å². The van der Waals surface area contributed by atoms with E-state index in [1.54, 1.807) is 0 Å². The molecule has 2 N–H and O–H groups in total. The van der Waals surface area contributed by atoms with Crippen molar-refractivity contribution in [2.75, 3.05) is 5.32 Å². The van der Waals surface area contributed by atoms with Crippen molar-refractivity contribution in [3.05, 3.63) is 67.4 Å². The third-order valence-corrected chi connectivity index (χ3v) is 3.89. The molecule has 25 heavy (non-hydrogen) atoms. The van der Waals surface area contributed by atoms with Crippen molar-refractivity contribution < 1.29 is 23.2 Å². The van der Waals surface area contributed by atoms with Crippen LogP contribution in [-0.4, -0.2) is 16.1 Å². The van der Waals surface area contributed by atoms with Crippen LogP contribution in [0.4, 0.5) is 24.5 Å². The minimum atomic E-state index is -1.54. The summed E-state index contributed by atoms with van der Waals surface area (Å²) in [5.74, 6) is -3.57. The number of benzene rings is 2. The van der Waals surface area contributed by atoms with Crippen LogP contribution in [0, 0.1) is 27.6 Å². The molecule has 0 saturated heterocycles. The second-order valence-electron chi connectivity index (χ2n) is 5.16. The SMILES string of the molecule is CC(O)C(Nc1cc(Cl)cc(Cl)c1F)c1c(F)ccc([N+](=O)[O-])c1F.